The lowest BCUT2D eigenvalue weighted by Crippen LogP contribution is -2.41. The topological polar surface area (TPSA) is 42.4 Å². The fourth-order valence-electron chi connectivity index (χ4n) is 1.96. The van der Waals surface area contributed by atoms with Gasteiger partial charge in [-0.05, 0) is 12.8 Å². The van der Waals surface area contributed by atoms with Gasteiger partial charge in [0.1, 0.15) is 0 Å². The minimum atomic E-state index is 0.231. The Morgan fingerprint density at radius 2 is 2.35 bits per heavy atom. The number of rotatable bonds is 3. The van der Waals surface area contributed by atoms with Crippen LogP contribution in [0, 0.1) is 0 Å². The molecule has 0 bridgehead atoms. The molecule has 0 saturated carbocycles. The highest BCUT2D eigenvalue weighted by atomic mass is 32.1. The summed E-state index contributed by atoms with van der Waals surface area (Å²) >= 11 is 1.49. The lowest BCUT2D eigenvalue weighted by molar-refractivity contribution is 0.0532. The second kappa shape index (κ2) is 5.14. The van der Waals surface area contributed by atoms with Crippen LogP contribution in [-0.4, -0.2) is 37.1 Å². The Kier molecular flexibility index (Phi) is 3.79. The van der Waals surface area contributed by atoms with Gasteiger partial charge in [-0.25, -0.2) is 4.98 Å². The predicted molar refractivity (Wildman–Crippen MR) is 69.2 cm³/mol. The molecule has 1 saturated heterocycles. The Balaban J connectivity index is 2.23. The third kappa shape index (κ3) is 2.66. The molecule has 1 fully saturated rings. The van der Waals surface area contributed by atoms with E-state index in [0.717, 1.165) is 41.7 Å². The molecule has 0 aliphatic carbocycles. The molecule has 5 heteroatoms. The van der Waals surface area contributed by atoms with E-state index in [4.69, 9.17) is 4.74 Å². The van der Waals surface area contributed by atoms with Gasteiger partial charge in [0, 0.05) is 13.1 Å². The van der Waals surface area contributed by atoms with Crippen molar-refractivity contribution in [2.45, 2.75) is 32.8 Å². The van der Waals surface area contributed by atoms with Crippen LogP contribution < -0.4 is 4.90 Å². The predicted octanol–water partition coefficient (Wildman–Crippen LogP) is 2.30. The van der Waals surface area contributed by atoms with Crippen LogP contribution in [0.1, 0.15) is 42.1 Å². The van der Waals surface area contributed by atoms with E-state index in [1.165, 1.54) is 11.3 Å². The summed E-state index contributed by atoms with van der Waals surface area (Å²) in [5.74, 6) is 0.290. The molecule has 1 aliphatic rings. The summed E-state index contributed by atoms with van der Waals surface area (Å²) in [5, 5.41) is 0.950. The molecule has 0 aromatic carbocycles. The average molecular weight is 254 g/mol. The van der Waals surface area contributed by atoms with E-state index in [1.54, 1.807) is 0 Å². The number of morpholine rings is 1. The Morgan fingerprint density at radius 3 is 2.88 bits per heavy atom. The van der Waals surface area contributed by atoms with Gasteiger partial charge in [0.05, 0.1) is 23.3 Å². The van der Waals surface area contributed by atoms with E-state index in [1.807, 2.05) is 0 Å². The highest BCUT2D eigenvalue weighted by Crippen LogP contribution is 2.30. The normalized spacial score (nSPS) is 20.9. The van der Waals surface area contributed by atoms with Gasteiger partial charge in [0.15, 0.2) is 11.4 Å². The zero-order chi connectivity index (χ0) is 12.4. The molecular weight excluding hydrogens is 236 g/mol. The molecule has 2 rings (SSSR count). The summed E-state index contributed by atoms with van der Waals surface area (Å²) in [5.41, 5.74) is 0.916. The van der Waals surface area contributed by atoms with Gasteiger partial charge < -0.3 is 9.64 Å². The van der Waals surface area contributed by atoms with E-state index in [9.17, 15) is 4.79 Å². The van der Waals surface area contributed by atoms with Crippen LogP contribution in [0.2, 0.25) is 0 Å². The van der Waals surface area contributed by atoms with Gasteiger partial charge in [-0.2, -0.15) is 0 Å². The van der Waals surface area contributed by atoms with E-state index in [2.05, 4.69) is 30.7 Å². The van der Waals surface area contributed by atoms with Crippen molar-refractivity contribution in [3.8, 4) is 0 Å². The van der Waals surface area contributed by atoms with Crippen molar-refractivity contribution < 1.29 is 9.53 Å². The number of aromatic nitrogens is 1. The molecule has 1 unspecified atom stereocenters. The average Bonchev–Trinajstić information content (AvgIpc) is 2.73. The number of nitrogens with zero attached hydrogens (tertiary/aromatic N) is 2. The van der Waals surface area contributed by atoms with Gasteiger partial charge in [0.25, 0.3) is 0 Å². The van der Waals surface area contributed by atoms with Crippen LogP contribution in [0.5, 0.6) is 0 Å². The molecule has 0 amide bonds. The molecule has 1 aliphatic heterocycles. The van der Waals surface area contributed by atoms with Crippen LogP contribution in [0.15, 0.2) is 0 Å². The third-order valence-corrected chi connectivity index (χ3v) is 3.89. The number of aldehydes is 1. The highest BCUT2D eigenvalue weighted by molar-refractivity contribution is 7.17. The van der Waals surface area contributed by atoms with E-state index in [0.29, 0.717) is 5.92 Å². The van der Waals surface area contributed by atoms with Crippen molar-refractivity contribution in [1.82, 2.24) is 4.98 Å². The zero-order valence-corrected chi connectivity index (χ0v) is 11.3. The second-order valence-corrected chi connectivity index (χ2v) is 5.66. The minimum absolute atomic E-state index is 0.231. The molecule has 0 radical (unpaired) electrons. The number of hydrogen-bond donors (Lipinski definition) is 0. The molecule has 94 valence electrons. The molecule has 1 aromatic heterocycles. The standard InChI is InChI=1S/C12H18N2O2S/c1-8(2)11-10(7-15)17-12(13-11)14-4-5-16-9(3)6-14/h7-9H,4-6H2,1-3H3. The van der Waals surface area contributed by atoms with Crippen LogP contribution in [0.3, 0.4) is 0 Å². The van der Waals surface area contributed by atoms with Crippen molar-refractivity contribution >= 4 is 22.8 Å². The van der Waals surface area contributed by atoms with Crippen molar-refractivity contribution in [2.24, 2.45) is 0 Å². The monoisotopic (exact) mass is 254 g/mol. The highest BCUT2D eigenvalue weighted by Gasteiger charge is 2.22. The fourth-order valence-corrected chi connectivity index (χ4v) is 3.03. The molecule has 0 N–H and O–H groups in total. The van der Waals surface area contributed by atoms with Crippen molar-refractivity contribution in [3.63, 3.8) is 0 Å². The van der Waals surface area contributed by atoms with Crippen molar-refractivity contribution in [3.05, 3.63) is 10.6 Å². The first-order valence-electron chi connectivity index (χ1n) is 5.94. The van der Waals surface area contributed by atoms with Crippen LogP contribution in [0.25, 0.3) is 0 Å². The summed E-state index contributed by atoms with van der Waals surface area (Å²) in [6, 6.07) is 0. The first-order chi connectivity index (χ1) is 8.11. The minimum Gasteiger partial charge on any atom is -0.375 e. The van der Waals surface area contributed by atoms with E-state index >= 15 is 0 Å². The van der Waals surface area contributed by atoms with Crippen LogP contribution >= 0.6 is 11.3 Å². The van der Waals surface area contributed by atoms with Crippen molar-refractivity contribution in [2.75, 3.05) is 24.6 Å². The van der Waals surface area contributed by atoms with E-state index < -0.39 is 0 Å². The molecule has 2 heterocycles. The number of anilines is 1. The van der Waals surface area contributed by atoms with Gasteiger partial charge in [-0.3, -0.25) is 4.79 Å². The zero-order valence-electron chi connectivity index (χ0n) is 10.5. The molecule has 1 aromatic rings. The summed E-state index contributed by atoms with van der Waals surface area (Å²) in [7, 11) is 0. The first-order valence-corrected chi connectivity index (χ1v) is 6.76. The molecule has 1 atom stereocenters. The lowest BCUT2D eigenvalue weighted by Gasteiger charge is -2.30. The second-order valence-electron chi connectivity index (χ2n) is 4.65. The summed E-state index contributed by atoms with van der Waals surface area (Å²) in [4.78, 5) is 18.6. The third-order valence-electron chi connectivity index (χ3n) is 2.84. The van der Waals surface area contributed by atoms with Crippen LogP contribution in [0.4, 0.5) is 5.13 Å². The maximum atomic E-state index is 11.0. The van der Waals surface area contributed by atoms with Gasteiger partial charge in [-0.15, -0.1) is 0 Å². The summed E-state index contributed by atoms with van der Waals surface area (Å²) < 4.78 is 5.51. The Hall–Kier alpha value is -0.940. The Morgan fingerprint density at radius 1 is 1.59 bits per heavy atom. The largest absolute Gasteiger partial charge is 0.375 e. The first kappa shape index (κ1) is 12.5. The SMILES string of the molecule is CC1CN(c2nc(C(C)C)c(C=O)s2)CCO1. The molecule has 4 nitrogen and oxygen atoms in total. The van der Waals surface area contributed by atoms with Gasteiger partial charge in [-0.1, -0.05) is 25.2 Å². The van der Waals surface area contributed by atoms with E-state index in [-0.39, 0.29) is 6.10 Å². The summed E-state index contributed by atoms with van der Waals surface area (Å²) in [6.45, 7) is 8.62. The fraction of sp³-hybridized carbons (Fsp3) is 0.667. The number of ether oxygens (including phenoxy) is 1. The smallest absolute Gasteiger partial charge is 0.186 e. The molecule has 0 spiro atoms. The van der Waals surface area contributed by atoms with Crippen molar-refractivity contribution in [1.29, 1.82) is 0 Å². The van der Waals surface area contributed by atoms with Crippen LogP contribution in [-0.2, 0) is 4.74 Å². The van der Waals surface area contributed by atoms with Gasteiger partial charge >= 0.3 is 0 Å². The maximum absolute atomic E-state index is 11.0. The molecule has 17 heavy (non-hydrogen) atoms. The number of carbonyl (C=O) groups excluding carboxylic acids is 1. The molecular formula is C12H18N2O2S. The maximum Gasteiger partial charge on any atom is 0.186 e. The number of carbonyl (C=O) groups is 1. The number of hydrogen-bond acceptors (Lipinski definition) is 5. The van der Waals surface area contributed by atoms with Gasteiger partial charge in [0.2, 0.25) is 0 Å². The number of thiazole rings is 1. The Bertz CT molecular complexity index is 403. The summed E-state index contributed by atoms with van der Waals surface area (Å²) in [6.07, 6.45) is 1.15. The lowest BCUT2D eigenvalue weighted by atomic mass is 10.1. The quantitative estimate of drug-likeness (QED) is 0.776. The Labute approximate surface area is 106 Å².